The van der Waals surface area contributed by atoms with Crippen LogP contribution in [0.3, 0.4) is 0 Å². The van der Waals surface area contributed by atoms with Gasteiger partial charge in [-0.2, -0.15) is 0 Å². The number of hydrogen-bond acceptors (Lipinski definition) is 7. The average Bonchev–Trinajstić information content (AvgIpc) is 2.76. The van der Waals surface area contributed by atoms with Crippen LogP contribution >= 0.6 is 0 Å². The SMILES string of the molecule is C=C(C)C(=O)OCC(C)OC(=O)NC(CC[Si](OCC)(OCC)OCC)c1ccccc1. The summed E-state index contributed by atoms with van der Waals surface area (Å²) in [5, 5.41) is 2.91. The minimum absolute atomic E-state index is 0.0514. The number of ether oxygens (including phenoxy) is 2. The monoisotopic (exact) mass is 467 g/mol. The molecule has 0 aliphatic rings. The second-order valence-electron chi connectivity index (χ2n) is 7.22. The van der Waals surface area contributed by atoms with E-state index in [0.29, 0.717) is 32.3 Å². The van der Waals surface area contributed by atoms with E-state index in [9.17, 15) is 9.59 Å². The number of carbonyl (C=O) groups is 2. The molecule has 0 spiro atoms. The second-order valence-corrected chi connectivity index (χ2v) is 9.96. The Morgan fingerprint density at radius 3 is 2.09 bits per heavy atom. The summed E-state index contributed by atoms with van der Waals surface area (Å²) >= 11 is 0. The van der Waals surface area contributed by atoms with Gasteiger partial charge in [-0.15, -0.1) is 0 Å². The molecule has 1 N–H and O–H groups in total. The van der Waals surface area contributed by atoms with Gasteiger partial charge in [0.25, 0.3) is 0 Å². The molecule has 2 unspecified atom stereocenters. The fraction of sp³-hybridized carbons (Fsp3) is 0.565. The fourth-order valence-electron chi connectivity index (χ4n) is 3.04. The predicted octanol–water partition coefficient (Wildman–Crippen LogP) is 4.40. The van der Waals surface area contributed by atoms with Crippen LogP contribution in [0.4, 0.5) is 4.79 Å². The van der Waals surface area contributed by atoms with Gasteiger partial charge in [0.2, 0.25) is 0 Å². The first kappa shape index (κ1) is 27.8. The minimum Gasteiger partial charge on any atom is -0.458 e. The number of hydrogen-bond donors (Lipinski definition) is 1. The third kappa shape index (κ3) is 9.95. The van der Waals surface area contributed by atoms with Crippen LogP contribution in [-0.4, -0.2) is 53.4 Å². The highest BCUT2D eigenvalue weighted by Crippen LogP contribution is 2.26. The standard InChI is InChI=1S/C23H37NO7Si/c1-7-28-32(29-8-2,30-9-3)16-15-21(20-13-11-10-12-14-20)24-23(26)31-19(6)17-27-22(25)18(4)5/h10-14,19,21H,4,7-9,15-17H2,1-3,5-6H3,(H,24,26). The summed E-state index contributed by atoms with van der Waals surface area (Å²) in [7, 11) is -2.87. The topological polar surface area (TPSA) is 92.3 Å². The normalized spacial score (nSPS) is 13.2. The predicted molar refractivity (Wildman–Crippen MR) is 124 cm³/mol. The maximum Gasteiger partial charge on any atom is 0.501 e. The van der Waals surface area contributed by atoms with Gasteiger partial charge in [-0.05, 0) is 46.6 Å². The zero-order chi connectivity index (χ0) is 24.0. The zero-order valence-corrected chi connectivity index (χ0v) is 20.8. The van der Waals surface area contributed by atoms with Crippen molar-refractivity contribution in [1.82, 2.24) is 5.32 Å². The Balaban J connectivity index is 2.83. The maximum absolute atomic E-state index is 12.5. The van der Waals surface area contributed by atoms with Crippen molar-refractivity contribution in [2.75, 3.05) is 26.4 Å². The molecule has 0 aliphatic heterocycles. The Hall–Kier alpha value is -2.20. The van der Waals surface area contributed by atoms with Gasteiger partial charge in [0.1, 0.15) is 12.7 Å². The number of nitrogens with one attached hydrogen (secondary N) is 1. The summed E-state index contributed by atoms with van der Waals surface area (Å²) in [6.45, 7) is 13.9. The quantitative estimate of drug-likeness (QED) is 0.232. The lowest BCUT2D eigenvalue weighted by Gasteiger charge is -2.30. The Bertz CT molecular complexity index is 697. The van der Waals surface area contributed by atoms with Crippen LogP contribution in [0.15, 0.2) is 42.5 Å². The number of benzene rings is 1. The first-order valence-electron chi connectivity index (χ1n) is 11.0. The molecule has 0 saturated carbocycles. The molecular formula is C23H37NO7Si. The number of alkyl carbamates (subject to hydrolysis) is 1. The molecule has 1 rings (SSSR count). The largest absolute Gasteiger partial charge is 0.501 e. The van der Waals surface area contributed by atoms with E-state index in [0.717, 1.165) is 5.56 Å². The van der Waals surface area contributed by atoms with Gasteiger partial charge < -0.3 is 28.1 Å². The summed E-state index contributed by atoms with van der Waals surface area (Å²) in [5.74, 6) is -0.521. The van der Waals surface area contributed by atoms with Gasteiger partial charge in [-0.3, -0.25) is 0 Å². The molecule has 0 aromatic heterocycles. The van der Waals surface area contributed by atoms with E-state index in [2.05, 4.69) is 11.9 Å². The molecule has 0 radical (unpaired) electrons. The highest BCUT2D eigenvalue weighted by atomic mass is 28.4. The van der Waals surface area contributed by atoms with E-state index < -0.39 is 27.0 Å². The summed E-state index contributed by atoms with van der Waals surface area (Å²) in [6.07, 6.45) is -0.669. The van der Waals surface area contributed by atoms with Crippen molar-refractivity contribution in [2.45, 2.75) is 59.2 Å². The third-order valence-corrected chi connectivity index (χ3v) is 7.52. The molecule has 0 fully saturated rings. The molecule has 32 heavy (non-hydrogen) atoms. The molecule has 1 aromatic rings. The number of amides is 1. The summed E-state index contributed by atoms with van der Waals surface area (Å²) in [5.41, 5.74) is 1.22. The minimum atomic E-state index is -2.87. The lowest BCUT2D eigenvalue weighted by atomic mass is 10.1. The summed E-state index contributed by atoms with van der Waals surface area (Å²) in [4.78, 5) is 24.1. The second kappa shape index (κ2) is 14.8. The molecule has 9 heteroatoms. The molecule has 180 valence electrons. The van der Waals surface area contributed by atoms with Crippen molar-refractivity contribution >= 4 is 20.9 Å². The van der Waals surface area contributed by atoms with Gasteiger partial charge in [0.05, 0.1) is 6.04 Å². The third-order valence-electron chi connectivity index (χ3n) is 4.43. The smallest absolute Gasteiger partial charge is 0.458 e. The molecule has 1 amide bonds. The van der Waals surface area contributed by atoms with Crippen LogP contribution in [0.1, 0.15) is 52.6 Å². The Morgan fingerprint density at radius 1 is 1.03 bits per heavy atom. The van der Waals surface area contributed by atoms with Gasteiger partial charge in [0, 0.05) is 31.4 Å². The van der Waals surface area contributed by atoms with E-state index >= 15 is 0 Å². The molecule has 0 bridgehead atoms. The van der Waals surface area contributed by atoms with Gasteiger partial charge in [-0.1, -0.05) is 36.9 Å². The van der Waals surface area contributed by atoms with E-state index in [1.54, 1.807) is 13.8 Å². The Kier molecular flexibility index (Phi) is 12.9. The lowest BCUT2D eigenvalue weighted by Crippen LogP contribution is -2.46. The van der Waals surface area contributed by atoms with E-state index in [1.165, 1.54) is 0 Å². The molecule has 0 heterocycles. The van der Waals surface area contributed by atoms with E-state index in [-0.39, 0.29) is 18.2 Å². The van der Waals surface area contributed by atoms with Crippen molar-refractivity contribution in [2.24, 2.45) is 0 Å². The molecule has 8 nitrogen and oxygen atoms in total. The zero-order valence-electron chi connectivity index (χ0n) is 19.8. The molecular weight excluding hydrogens is 430 g/mol. The van der Waals surface area contributed by atoms with Crippen molar-refractivity contribution in [1.29, 1.82) is 0 Å². The van der Waals surface area contributed by atoms with Crippen LogP contribution in [0.5, 0.6) is 0 Å². The average molecular weight is 468 g/mol. The van der Waals surface area contributed by atoms with Crippen LogP contribution in [0.2, 0.25) is 6.04 Å². The van der Waals surface area contributed by atoms with Crippen LogP contribution < -0.4 is 5.32 Å². The molecule has 1 aromatic carbocycles. The fourth-order valence-corrected chi connectivity index (χ4v) is 5.68. The van der Waals surface area contributed by atoms with Crippen LogP contribution in [0, 0.1) is 0 Å². The molecule has 0 saturated heterocycles. The van der Waals surface area contributed by atoms with Crippen molar-refractivity contribution in [3.63, 3.8) is 0 Å². The number of rotatable bonds is 15. The van der Waals surface area contributed by atoms with Crippen molar-refractivity contribution < 1.29 is 32.3 Å². The van der Waals surface area contributed by atoms with Crippen molar-refractivity contribution in [3.8, 4) is 0 Å². The molecule has 2 atom stereocenters. The highest BCUT2D eigenvalue weighted by molar-refractivity contribution is 6.60. The molecule has 0 aliphatic carbocycles. The first-order chi connectivity index (χ1) is 15.3. The number of esters is 1. The highest BCUT2D eigenvalue weighted by Gasteiger charge is 2.41. The maximum atomic E-state index is 12.5. The lowest BCUT2D eigenvalue weighted by molar-refractivity contribution is -0.141. The van der Waals surface area contributed by atoms with E-state index in [4.69, 9.17) is 22.8 Å². The first-order valence-corrected chi connectivity index (χ1v) is 13.0. The van der Waals surface area contributed by atoms with Crippen molar-refractivity contribution in [3.05, 3.63) is 48.0 Å². The Labute approximate surface area is 192 Å². The summed E-state index contributed by atoms with van der Waals surface area (Å²) < 4.78 is 28.2. The number of carbonyl (C=O) groups excluding carboxylic acids is 2. The van der Waals surface area contributed by atoms with E-state index in [1.807, 2.05) is 51.1 Å². The van der Waals surface area contributed by atoms with Crippen LogP contribution in [0.25, 0.3) is 0 Å². The van der Waals surface area contributed by atoms with Gasteiger partial charge in [-0.25, -0.2) is 9.59 Å². The van der Waals surface area contributed by atoms with Gasteiger partial charge in [0.15, 0.2) is 0 Å². The summed E-state index contributed by atoms with van der Waals surface area (Å²) in [6, 6.07) is 9.82. The van der Waals surface area contributed by atoms with Crippen LogP contribution in [-0.2, 0) is 27.5 Å². The Morgan fingerprint density at radius 2 is 1.59 bits per heavy atom. The van der Waals surface area contributed by atoms with Gasteiger partial charge >= 0.3 is 20.9 Å².